The first kappa shape index (κ1) is 20.4. The largest absolute Gasteiger partial charge is 0.352 e. The summed E-state index contributed by atoms with van der Waals surface area (Å²) in [5, 5.41) is 9.32. The molecule has 1 amide bonds. The van der Waals surface area contributed by atoms with Crippen molar-refractivity contribution in [1.29, 1.82) is 0 Å². The highest BCUT2D eigenvalue weighted by atomic mass is 19.1. The Bertz CT molecular complexity index is 791. The Balaban J connectivity index is 1.90. The number of halogens is 1. The molecule has 2 aromatic rings. The van der Waals surface area contributed by atoms with Gasteiger partial charge in [0.05, 0.1) is 0 Å². The van der Waals surface area contributed by atoms with Gasteiger partial charge in [0.1, 0.15) is 5.82 Å². The van der Waals surface area contributed by atoms with Crippen LogP contribution in [0, 0.1) is 5.82 Å². The van der Waals surface area contributed by atoms with Crippen molar-refractivity contribution < 1.29 is 9.18 Å². The summed E-state index contributed by atoms with van der Waals surface area (Å²) in [6.07, 6.45) is 0.889. The van der Waals surface area contributed by atoms with E-state index in [1.165, 1.54) is 12.1 Å². The molecule has 0 bridgehead atoms. The molecule has 5 nitrogen and oxygen atoms in total. The summed E-state index contributed by atoms with van der Waals surface area (Å²) in [7, 11) is 1.68. The molecule has 0 heterocycles. The zero-order valence-electron chi connectivity index (χ0n) is 16.1. The molecular formula is C21H27FN4O. The number of carbonyl (C=O) groups excluding carboxylic acids is 1. The second kappa shape index (κ2) is 10.3. The van der Waals surface area contributed by atoms with E-state index < -0.39 is 0 Å². The fourth-order valence-electron chi connectivity index (χ4n) is 2.47. The summed E-state index contributed by atoms with van der Waals surface area (Å²) in [6.45, 7) is 5.01. The Morgan fingerprint density at radius 2 is 1.70 bits per heavy atom. The smallest absolute Gasteiger partial charge is 0.251 e. The molecule has 1 atom stereocenters. The van der Waals surface area contributed by atoms with Crippen LogP contribution < -0.4 is 16.0 Å². The minimum Gasteiger partial charge on any atom is -0.352 e. The number of guanidine groups is 1. The molecule has 3 N–H and O–H groups in total. The van der Waals surface area contributed by atoms with E-state index in [2.05, 4.69) is 20.9 Å². The van der Waals surface area contributed by atoms with Crippen molar-refractivity contribution in [2.45, 2.75) is 39.4 Å². The zero-order chi connectivity index (χ0) is 19.6. The van der Waals surface area contributed by atoms with Crippen LogP contribution in [0.15, 0.2) is 53.5 Å². The molecule has 0 aliphatic rings. The van der Waals surface area contributed by atoms with Gasteiger partial charge in [0, 0.05) is 31.7 Å². The van der Waals surface area contributed by atoms with Gasteiger partial charge in [-0.1, -0.05) is 31.2 Å². The fraction of sp³-hybridized carbons (Fsp3) is 0.333. The summed E-state index contributed by atoms with van der Waals surface area (Å²) in [6, 6.07) is 14.1. The van der Waals surface area contributed by atoms with E-state index >= 15 is 0 Å². The summed E-state index contributed by atoms with van der Waals surface area (Å²) in [5.74, 6) is 0.276. The minimum atomic E-state index is -0.260. The molecule has 27 heavy (non-hydrogen) atoms. The zero-order valence-corrected chi connectivity index (χ0v) is 16.1. The van der Waals surface area contributed by atoms with E-state index in [9.17, 15) is 9.18 Å². The maximum Gasteiger partial charge on any atom is 0.251 e. The predicted octanol–water partition coefficient (Wildman–Crippen LogP) is 3.22. The molecule has 0 radical (unpaired) electrons. The Morgan fingerprint density at radius 3 is 2.30 bits per heavy atom. The van der Waals surface area contributed by atoms with Gasteiger partial charge < -0.3 is 16.0 Å². The molecule has 1 unspecified atom stereocenters. The predicted molar refractivity (Wildman–Crippen MR) is 107 cm³/mol. The van der Waals surface area contributed by atoms with E-state index in [1.807, 2.05) is 38.1 Å². The number of carbonyl (C=O) groups is 1. The molecule has 0 saturated heterocycles. The number of rotatable bonds is 7. The lowest BCUT2D eigenvalue weighted by atomic mass is 10.1. The average Bonchev–Trinajstić information content (AvgIpc) is 2.68. The van der Waals surface area contributed by atoms with Crippen molar-refractivity contribution in [3.8, 4) is 0 Å². The number of nitrogens with one attached hydrogen (secondary N) is 3. The second-order valence-corrected chi connectivity index (χ2v) is 6.39. The summed E-state index contributed by atoms with van der Waals surface area (Å²) in [5.41, 5.74) is 2.44. The van der Waals surface area contributed by atoms with Gasteiger partial charge in [-0.15, -0.1) is 0 Å². The Hall–Kier alpha value is -2.89. The molecule has 0 fully saturated rings. The van der Waals surface area contributed by atoms with Crippen molar-refractivity contribution in [2.75, 3.05) is 7.05 Å². The molecule has 0 aromatic heterocycles. The topological polar surface area (TPSA) is 65.5 Å². The lowest BCUT2D eigenvalue weighted by Gasteiger charge is -2.14. The van der Waals surface area contributed by atoms with Crippen LogP contribution in [0.5, 0.6) is 0 Å². The van der Waals surface area contributed by atoms with E-state index in [4.69, 9.17) is 0 Å². The Morgan fingerprint density at radius 1 is 1.07 bits per heavy atom. The summed E-state index contributed by atoms with van der Waals surface area (Å²) < 4.78 is 13.2. The van der Waals surface area contributed by atoms with Crippen molar-refractivity contribution in [1.82, 2.24) is 16.0 Å². The maximum absolute atomic E-state index is 13.2. The molecular weight excluding hydrogens is 343 g/mol. The number of nitrogens with zero attached hydrogens (tertiary/aromatic N) is 1. The molecule has 144 valence electrons. The van der Waals surface area contributed by atoms with Crippen molar-refractivity contribution in [2.24, 2.45) is 4.99 Å². The monoisotopic (exact) mass is 370 g/mol. The number of benzene rings is 2. The summed E-state index contributed by atoms with van der Waals surface area (Å²) in [4.78, 5) is 16.4. The SMILES string of the molecule is CCC(C)NC(=O)c1cccc(CNC(=NC)NCc2cccc(F)c2)c1. The quantitative estimate of drug-likeness (QED) is 0.518. The van der Waals surface area contributed by atoms with Crippen LogP contribution in [0.3, 0.4) is 0 Å². The van der Waals surface area contributed by atoms with Gasteiger partial charge in [-0.25, -0.2) is 4.39 Å². The highest BCUT2D eigenvalue weighted by molar-refractivity contribution is 5.94. The van der Waals surface area contributed by atoms with Crippen LogP contribution in [0.4, 0.5) is 4.39 Å². The molecule has 0 saturated carbocycles. The van der Waals surface area contributed by atoms with E-state index in [-0.39, 0.29) is 17.8 Å². The van der Waals surface area contributed by atoms with Gasteiger partial charge >= 0.3 is 0 Å². The van der Waals surface area contributed by atoms with Crippen molar-refractivity contribution >= 4 is 11.9 Å². The van der Waals surface area contributed by atoms with E-state index in [0.29, 0.717) is 24.6 Å². The lowest BCUT2D eigenvalue weighted by Crippen LogP contribution is -2.36. The third-order valence-electron chi connectivity index (χ3n) is 4.21. The standard InChI is InChI=1S/C21H27FN4O/c1-4-15(2)26-20(27)18-9-5-7-16(11-18)13-24-21(23-3)25-14-17-8-6-10-19(22)12-17/h5-12,15H,4,13-14H2,1-3H3,(H,26,27)(H2,23,24,25). The normalized spacial score (nSPS) is 12.4. The third-order valence-corrected chi connectivity index (χ3v) is 4.21. The van der Waals surface area contributed by atoms with Gasteiger partial charge in [-0.2, -0.15) is 0 Å². The molecule has 2 rings (SSSR count). The average molecular weight is 370 g/mol. The van der Waals surface area contributed by atoms with E-state index in [0.717, 1.165) is 17.5 Å². The van der Waals surface area contributed by atoms with E-state index in [1.54, 1.807) is 19.2 Å². The number of hydrogen-bond acceptors (Lipinski definition) is 2. The maximum atomic E-state index is 13.2. The van der Waals surface area contributed by atoms with Crippen LogP contribution in [0.1, 0.15) is 41.8 Å². The van der Waals surface area contributed by atoms with Crippen LogP contribution >= 0.6 is 0 Å². The number of aliphatic imine (C=N–C) groups is 1. The first-order valence-electron chi connectivity index (χ1n) is 9.10. The van der Waals surface area contributed by atoms with Gasteiger partial charge in [0.25, 0.3) is 5.91 Å². The van der Waals surface area contributed by atoms with Crippen molar-refractivity contribution in [3.05, 3.63) is 71.0 Å². The first-order valence-corrected chi connectivity index (χ1v) is 9.10. The summed E-state index contributed by atoms with van der Waals surface area (Å²) >= 11 is 0. The third kappa shape index (κ3) is 6.73. The highest BCUT2D eigenvalue weighted by Gasteiger charge is 2.09. The lowest BCUT2D eigenvalue weighted by molar-refractivity contribution is 0.0939. The number of hydrogen-bond donors (Lipinski definition) is 3. The Kier molecular flexibility index (Phi) is 7.79. The highest BCUT2D eigenvalue weighted by Crippen LogP contribution is 2.06. The minimum absolute atomic E-state index is 0.0696. The van der Waals surface area contributed by atoms with Gasteiger partial charge in [-0.05, 0) is 48.7 Å². The second-order valence-electron chi connectivity index (χ2n) is 6.39. The Labute approximate surface area is 160 Å². The molecule has 6 heteroatoms. The van der Waals surface area contributed by atoms with Gasteiger partial charge in [-0.3, -0.25) is 9.79 Å². The van der Waals surface area contributed by atoms with Crippen molar-refractivity contribution in [3.63, 3.8) is 0 Å². The number of amides is 1. The first-order chi connectivity index (χ1) is 13.0. The van der Waals surface area contributed by atoms with Crippen LogP contribution in [0.2, 0.25) is 0 Å². The van der Waals surface area contributed by atoms with Gasteiger partial charge in [0.15, 0.2) is 5.96 Å². The fourth-order valence-corrected chi connectivity index (χ4v) is 2.47. The molecule has 2 aromatic carbocycles. The van der Waals surface area contributed by atoms with Crippen LogP contribution in [-0.4, -0.2) is 25.0 Å². The molecule has 0 aliphatic carbocycles. The molecule has 0 spiro atoms. The van der Waals surface area contributed by atoms with Crippen LogP contribution in [-0.2, 0) is 13.1 Å². The van der Waals surface area contributed by atoms with Crippen LogP contribution in [0.25, 0.3) is 0 Å². The molecule has 0 aliphatic heterocycles. The van der Waals surface area contributed by atoms with Gasteiger partial charge in [0.2, 0.25) is 0 Å².